The second-order valence-corrected chi connectivity index (χ2v) is 3.47. The van der Waals surface area contributed by atoms with Crippen molar-refractivity contribution >= 4 is 0 Å². The van der Waals surface area contributed by atoms with Gasteiger partial charge in [-0.15, -0.1) is 0 Å². The third-order valence-corrected chi connectivity index (χ3v) is 2.87. The number of aliphatic hydroxyl groups is 1. The van der Waals surface area contributed by atoms with Crippen LogP contribution in [-0.2, 0) is 0 Å². The first-order valence-corrected chi connectivity index (χ1v) is 4.65. The van der Waals surface area contributed by atoms with Gasteiger partial charge < -0.3 is 10.4 Å². The predicted molar refractivity (Wildman–Crippen MR) is 46.5 cm³/mol. The first kappa shape index (κ1) is 9.01. The molecule has 0 spiro atoms. The van der Waals surface area contributed by atoms with E-state index in [1.54, 1.807) is 0 Å². The summed E-state index contributed by atoms with van der Waals surface area (Å²) in [4.78, 5) is 0. The molecule has 3 atom stereocenters. The van der Waals surface area contributed by atoms with Gasteiger partial charge in [0.15, 0.2) is 0 Å². The van der Waals surface area contributed by atoms with Gasteiger partial charge in [-0.2, -0.15) is 0 Å². The highest BCUT2D eigenvalue weighted by atomic mass is 16.3. The van der Waals surface area contributed by atoms with Gasteiger partial charge in [-0.1, -0.05) is 6.92 Å². The van der Waals surface area contributed by atoms with Gasteiger partial charge in [0.05, 0.1) is 6.10 Å². The van der Waals surface area contributed by atoms with Crippen molar-refractivity contribution in [3.63, 3.8) is 0 Å². The summed E-state index contributed by atoms with van der Waals surface area (Å²) in [6.45, 7) is 2.16. The maximum absolute atomic E-state index is 9.63. The lowest BCUT2D eigenvalue weighted by molar-refractivity contribution is 0.0474. The monoisotopic (exact) mass is 157 g/mol. The van der Waals surface area contributed by atoms with Crippen LogP contribution in [0.5, 0.6) is 0 Å². The van der Waals surface area contributed by atoms with Gasteiger partial charge >= 0.3 is 0 Å². The minimum Gasteiger partial charge on any atom is -0.393 e. The van der Waals surface area contributed by atoms with E-state index in [-0.39, 0.29) is 6.10 Å². The van der Waals surface area contributed by atoms with Crippen LogP contribution in [0.15, 0.2) is 0 Å². The van der Waals surface area contributed by atoms with Crippen molar-refractivity contribution < 1.29 is 5.11 Å². The SMILES string of the molecule is CCC1C(O)CCCC1NC. The number of nitrogens with one attached hydrogen (secondary N) is 1. The second-order valence-electron chi connectivity index (χ2n) is 3.47. The molecule has 1 fully saturated rings. The first-order valence-electron chi connectivity index (χ1n) is 4.65. The Morgan fingerprint density at radius 2 is 2.18 bits per heavy atom. The smallest absolute Gasteiger partial charge is 0.0583 e. The van der Waals surface area contributed by atoms with Crippen LogP contribution in [0.25, 0.3) is 0 Å². The lowest BCUT2D eigenvalue weighted by Crippen LogP contribution is -2.43. The standard InChI is InChI=1S/C9H19NO/c1-3-7-8(10-2)5-4-6-9(7)11/h7-11H,3-6H2,1-2H3. The van der Waals surface area contributed by atoms with Crippen molar-refractivity contribution in [1.82, 2.24) is 5.32 Å². The van der Waals surface area contributed by atoms with Crippen LogP contribution in [0.3, 0.4) is 0 Å². The van der Waals surface area contributed by atoms with E-state index < -0.39 is 0 Å². The largest absolute Gasteiger partial charge is 0.393 e. The van der Waals surface area contributed by atoms with Gasteiger partial charge in [0.2, 0.25) is 0 Å². The maximum Gasteiger partial charge on any atom is 0.0583 e. The fourth-order valence-electron chi connectivity index (χ4n) is 2.16. The fourth-order valence-corrected chi connectivity index (χ4v) is 2.16. The third-order valence-electron chi connectivity index (χ3n) is 2.87. The lowest BCUT2D eigenvalue weighted by Gasteiger charge is -2.34. The predicted octanol–water partition coefficient (Wildman–Crippen LogP) is 1.15. The quantitative estimate of drug-likeness (QED) is 0.630. The van der Waals surface area contributed by atoms with Crippen molar-refractivity contribution in [1.29, 1.82) is 0 Å². The Bertz CT molecular complexity index is 116. The van der Waals surface area contributed by atoms with E-state index in [1.807, 2.05) is 7.05 Å². The molecule has 2 heteroatoms. The molecule has 1 saturated carbocycles. The third kappa shape index (κ3) is 1.94. The summed E-state index contributed by atoms with van der Waals surface area (Å²) < 4.78 is 0. The van der Waals surface area contributed by atoms with Gasteiger partial charge in [0, 0.05) is 6.04 Å². The average molecular weight is 157 g/mol. The summed E-state index contributed by atoms with van der Waals surface area (Å²) in [5, 5.41) is 12.9. The minimum atomic E-state index is -0.0637. The molecule has 0 aromatic rings. The Morgan fingerprint density at radius 3 is 2.64 bits per heavy atom. The van der Waals surface area contributed by atoms with Crippen LogP contribution >= 0.6 is 0 Å². The summed E-state index contributed by atoms with van der Waals surface area (Å²) >= 11 is 0. The Morgan fingerprint density at radius 1 is 1.45 bits per heavy atom. The van der Waals surface area contributed by atoms with Crippen LogP contribution in [0.4, 0.5) is 0 Å². The Labute approximate surface area is 69.0 Å². The number of hydrogen-bond acceptors (Lipinski definition) is 2. The molecule has 11 heavy (non-hydrogen) atoms. The van der Waals surface area contributed by atoms with Gasteiger partial charge in [-0.05, 0) is 38.6 Å². The topological polar surface area (TPSA) is 32.3 Å². The zero-order valence-corrected chi connectivity index (χ0v) is 7.51. The van der Waals surface area contributed by atoms with Gasteiger partial charge in [-0.3, -0.25) is 0 Å². The van der Waals surface area contributed by atoms with Crippen molar-refractivity contribution in [3.05, 3.63) is 0 Å². The molecule has 0 bridgehead atoms. The van der Waals surface area contributed by atoms with E-state index in [0.29, 0.717) is 12.0 Å². The molecule has 0 saturated heterocycles. The molecule has 0 aromatic carbocycles. The Balaban J connectivity index is 2.48. The Hall–Kier alpha value is -0.0800. The number of hydrogen-bond donors (Lipinski definition) is 2. The maximum atomic E-state index is 9.63. The summed E-state index contributed by atoms with van der Waals surface area (Å²) in [5.74, 6) is 0.480. The molecule has 0 heterocycles. The van der Waals surface area contributed by atoms with Gasteiger partial charge in [-0.25, -0.2) is 0 Å². The normalized spacial score (nSPS) is 39.0. The van der Waals surface area contributed by atoms with Crippen molar-refractivity contribution in [2.45, 2.75) is 44.8 Å². The molecule has 3 unspecified atom stereocenters. The van der Waals surface area contributed by atoms with Crippen LogP contribution in [0.2, 0.25) is 0 Å². The fraction of sp³-hybridized carbons (Fsp3) is 1.00. The first-order chi connectivity index (χ1) is 5.29. The van der Waals surface area contributed by atoms with E-state index in [2.05, 4.69) is 12.2 Å². The van der Waals surface area contributed by atoms with E-state index in [9.17, 15) is 5.11 Å². The molecule has 0 amide bonds. The number of aliphatic hydroxyl groups excluding tert-OH is 1. The summed E-state index contributed by atoms with van der Waals surface area (Å²) in [6.07, 6.45) is 4.42. The molecule has 0 aliphatic heterocycles. The summed E-state index contributed by atoms with van der Waals surface area (Å²) in [5.41, 5.74) is 0. The molecule has 1 rings (SSSR count). The van der Waals surface area contributed by atoms with Crippen LogP contribution in [0, 0.1) is 5.92 Å². The molecule has 66 valence electrons. The number of rotatable bonds is 2. The molecule has 0 radical (unpaired) electrons. The molecular weight excluding hydrogens is 138 g/mol. The van der Waals surface area contributed by atoms with Crippen LogP contribution in [-0.4, -0.2) is 24.3 Å². The zero-order chi connectivity index (χ0) is 8.27. The van der Waals surface area contributed by atoms with Crippen molar-refractivity contribution in [2.75, 3.05) is 7.05 Å². The van der Waals surface area contributed by atoms with Crippen molar-refractivity contribution in [2.24, 2.45) is 5.92 Å². The minimum absolute atomic E-state index is 0.0637. The molecular formula is C9H19NO. The highest BCUT2D eigenvalue weighted by molar-refractivity contribution is 4.84. The van der Waals surface area contributed by atoms with E-state index in [0.717, 1.165) is 12.8 Å². The van der Waals surface area contributed by atoms with Crippen molar-refractivity contribution in [3.8, 4) is 0 Å². The van der Waals surface area contributed by atoms with Gasteiger partial charge in [0.1, 0.15) is 0 Å². The molecule has 2 nitrogen and oxygen atoms in total. The Kier molecular flexibility index (Phi) is 3.34. The molecule has 2 N–H and O–H groups in total. The molecule has 1 aliphatic carbocycles. The summed E-state index contributed by atoms with van der Waals surface area (Å²) in [7, 11) is 1.99. The van der Waals surface area contributed by atoms with Gasteiger partial charge in [0.25, 0.3) is 0 Å². The molecule has 1 aliphatic rings. The van der Waals surface area contributed by atoms with Crippen LogP contribution in [0.1, 0.15) is 32.6 Å². The van der Waals surface area contributed by atoms with E-state index >= 15 is 0 Å². The molecule has 0 aromatic heterocycles. The lowest BCUT2D eigenvalue weighted by atomic mass is 9.81. The average Bonchev–Trinajstić information content (AvgIpc) is 2.04. The zero-order valence-electron chi connectivity index (χ0n) is 7.51. The second kappa shape index (κ2) is 4.07. The highest BCUT2D eigenvalue weighted by Crippen LogP contribution is 2.26. The van der Waals surface area contributed by atoms with Crippen LogP contribution < -0.4 is 5.32 Å². The van der Waals surface area contributed by atoms with E-state index in [1.165, 1.54) is 12.8 Å². The summed E-state index contributed by atoms with van der Waals surface area (Å²) in [6, 6.07) is 0.545. The van der Waals surface area contributed by atoms with E-state index in [4.69, 9.17) is 0 Å². The highest BCUT2D eigenvalue weighted by Gasteiger charge is 2.29.